The molecule has 0 saturated carbocycles. The fraction of sp³-hybridized carbons (Fsp3) is 0. The molecule has 0 aliphatic carbocycles. The zero-order chi connectivity index (χ0) is 7.15. The first kappa shape index (κ1) is 16.5. The van der Waals surface area contributed by atoms with Crippen LogP contribution in [-0.2, 0) is 30.2 Å². The Bertz CT molecular complexity index is 69.1. The van der Waals surface area contributed by atoms with Crippen LogP contribution in [0.5, 0.6) is 0 Å². The zero-order valence-corrected chi connectivity index (χ0v) is 8.19. The summed E-state index contributed by atoms with van der Waals surface area (Å²) in [7, 11) is -6.26. The third-order valence-electron chi connectivity index (χ3n) is 0. The van der Waals surface area contributed by atoms with Crippen LogP contribution < -0.4 is 0 Å². The molecule has 6 nitrogen and oxygen atoms in total. The van der Waals surface area contributed by atoms with Crippen LogP contribution in [0.25, 0.3) is 0 Å². The van der Waals surface area contributed by atoms with Crippen molar-refractivity contribution in [3.05, 3.63) is 0 Å². The minimum Gasteiger partial charge on any atom is -0.326 e. The smallest absolute Gasteiger partial charge is 0.314 e. The summed E-state index contributed by atoms with van der Waals surface area (Å²) in [6.07, 6.45) is 0. The molecule has 0 atom stereocenters. The summed E-state index contributed by atoms with van der Waals surface area (Å²) in [5.41, 5.74) is 0. The molecule has 0 aromatic heterocycles. The molecule has 0 unspecified atom stereocenters. The maximum atomic E-state index is 8.74. The summed E-state index contributed by atoms with van der Waals surface area (Å²) in [5, 5.41) is 0. The minimum atomic E-state index is -3.13. The monoisotopic (exact) mass is 359 g/mol. The Kier molecular flexibility index (Phi) is 21.6. The molecule has 0 radical (unpaired) electrons. The standard InChI is InChI=1S/2H3O3P.Pt/c2*1-4(2)3;/h2*4H,(H2,1,2,3);. The van der Waals surface area contributed by atoms with Gasteiger partial charge in [-0.05, 0) is 0 Å². The quantitative estimate of drug-likeness (QED) is 0.401. The molecule has 0 heterocycles. The van der Waals surface area contributed by atoms with E-state index in [0.29, 0.717) is 0 Å². The van der Waals surface area contributed by atoms with Crippen LogP contribution in [-0.4, -0.2) is 19.6 Å². The van der Waals surface area contributed by atoms with Crippen LogP contribution in [0, 0.1) is 0 Å². The normalized spacial score (nSPS) is 7.78. The summed E-state index contributed by atoms with van der Waals surface area (Å²) in [4.78, 5) is 28.6. The third kappa shape index (κ3) is 449. The van der Waals surface area contributed by atoms with Crippen LogP contribution in [0.3, 0.4) is 0 Å². The van der Waals surface area contributed by atoms with Crippen molar-refractivity contribution in [3.8, 4) is 0 Å². The summed E-state index contributed by atoms with van der Waals surface area (Å²) in [5.74, 6) is 0. The Morgan fingerprint density at radius 3 is 0.778 bits per heavy atom. The van der Waals surface area contributed by atoms with E-state index in [2.05, 4.69) is 0 Å². The average Bonchev–Trinajstić information content (AvgIpc) is 1.25. The topological polar surface area (TPSA) is 115 Å². The second-order valence-corrected chi connectivity index (χ2v) is 1.70. The van der Waals surface area contributed by atoms with E-state index >= 15 is 0 Å². The van der Waals surface area contributed by atoms with Crippen molar-refractivity contribution in [1.29, 1.82) is 0 Å². The zero-order valence-electron chi connectivity index (χ0n) is 3.92. The Hall–Kier alpha value is 0.988. The molecule has 0 aromatic carbocycles. The summed E-state index contributed by atoms with van der Waals surface area (Å²) >= 11 is 0. The largest absolute Gasteiger partial charge is 0.326 e. The molecule has 9 heavy (non-hydrogen) atoms. The van der Waals surface area contributed by atoms with Gasteiger partial charge < -0.3 is 19.6 Å². The van der Waals surface area contributed by atoms with E-state index in [9.17, 15) is 0 Å². The number of hydrogen-bond acceptors (Lipinski definition) is 2. The van der Waals surface area contributed by atoms with Crippen molar-refractivity contribution in [2.75, 3.05) is 0 Å². The molecule has 0 aliphatic heterocycles. The fourth-order valence-electron chi connectivity index (χ4n) is 0. The van der Waals surface area contributed by atoms with Gasteiger partial charge in [0, 0.05) is 21.1 Å². The van der Waals surface area contributed by atoms with E-state index in [1.54, 1.807) is 0 Å². The van der Waals surface area contributed by atoms with Gasteiger partial charge in [-0.1, -0.05) is 0 Å². The van der Waals surface area contributed by atoms with Gasteiger partial charge in [0.1, 0.15) is 0 Å². The summed E-state index contributed by atoms with van der Waals surface area (Å²) < 4.78 is 17.5. The number of hydrogen-bond donors (Lipinski definition) is 4. The van der Waals surface area contributed by atoms with Gasteiger partial charge in [0.25, 0.3) is 0 Å². The van der Waals surface area contributed by atoms with Crippen molar-refractivity contribution in [2.24, 2.45) is 0 Å². The van der Waals surface area contributed by atoms with Crippen molar-refractivity contribution in [2.45, 2.75) is 0 Å². The summed E-state index contributed by atoms with van der Waals surface area (Å²) in [6, 6.07) is 0. The van der Waals surface area contributed by atoms with E-state index in [4.69, 9.17) is 28.7 Å². The van der Waals surface area contributed by atoms with Gasteiger partial charge in [0.05, 0.1) is 0 Å². The van der Waals surface area contributed by atoms with Crippen molar-refractivity contribution in [3.63, 3.8) is 0 Å². The van der Waals surface area contributed by atoms with Gasteiger partial charge >= 0.3 is 16.5 Å². The maximum Gasteiger partial charge on any atom is 0.314 e. The van der Waals surface area contributed by atoms with Crippen LogP contribution in [0.2, 0.25) is 0 Å². The maximum absolute atomic E-state index is 8.74. The first-order chi connectivity index (χ1) is 3.46. The van der Waals surface area contributed by atoms with Gasteiger partial charge in [-0.25, -0.2) is 0 Å². The SMILES string of the molecule is O=[PH](O)O.O=[PH](O)O.[Pt]. The Balaban J connectivity index is -0.0000000720. The van der Waals surface area contributed by atoms with Crippen LogP contribution in [0.15, 0.2) is 0 Å². The molecular formula is H6O6P2Pt. The first-order valence-electron chi connectivity index (χ1n) is 1.30. The van der Waals surface area contributed by atoms with Gasteiger partial charge in [0.2, 0.25) is 0 Å². The summed E-state index contributed by atoms with van der Waals surface area (Å²) in [6.45, 7) is 0. The second-order valence-electron chi connectivity index (χ2n) is 0.565. The molecular weight excluding hydrogens is 353 g/mol. The Labute approximate surface area is 66.7 Å². The molecule has 62 valence electrons. The van der Waals surface area contributed by atoms with E-state index in [1.165, 1.54) is 0 Å². The molecule has 0 aromatic rings. The minimum absolute atomic E-state index is 0. The van der Waals surface area contributed by atoms with Crippen molar-refractivity contribution >= 4 is 16.5 Å². The van der Waals surface area contributed by atoms with Crippen LogP contribution in [0.1, 0.15) is 0 Å². The van der Waals surface area contributed by atoms with E-state index < -0.39 is 16.5 Å². The molecule has 9 heteroatoms. The van der Waals surface area contributed by atoms with E-state index in [-0.39, 0.29) is 21.1 Å². The van der Waals surface area contributed by atoms with Gasteiger partial charge in [-0.3, -0.25) is 9.13 Å². The first-order valence-corrected chi connectivity index (χ1v) is 3.91. The molecule has 4 N–H and O–H groups in total. The predicted molar refractivity (Wildman–Crippen MR) is 26.9 cm³/mol. The van der Waals surface area contributed by atoms with Crippen LogP contribution >= 0.6 is 16.5 Å². The molecule has 0 amide bonds. The third-order valence-corrected chi connectivity index (χ3v) is 0. The van der Waals surface area contributed by atoms with Crippen LogP contribution in [0.4, 0.5) is 0 Å². The van der Waals surface area contributed by atoms with Crippen molar-refractivity contribution in [1.82, 2.24) is 0 Å². The van der Waals surface area contributed by atoms with Gasteiger partial charge in [-0.2, -0.15) is 0 Å². The predicted octanol–water partition coefficient (Wildman–Crippen LogP) is -1.28. The fourth-order valence-corrected chi connectivity index (χ4v) is 0. The van der Waals surface area contributed by atoms with Crippen molar-refractivity contribution < 1.29 is 49.8 Å². The van der Waals surface area contributed by atoms with E-state index in [1.807, 2.05) is 0 Å². The molecule has 0 saturated heterocycles. The molecule has 0 rings (SSSR count). The molecule has 0 fully saturated rings. The molecule has 0 bridgehead atoms. The molecule has 0 spiro atoms. The second kappa shape index (κ2) is 11.7. The number of rotatable bonds is 0. The van der Waals surface area contributed by atoms with Gasteiger partial charge in [-0.15, -0.1) is 0 Å². The van der Waals surface area contributed by atoms with E-state index in [0.717, 1.165) is 0 Å². The average molecular weight is 359 g/mol. The Morgan fingerprint density at radius 1 is 0.778 bits per heavy atom. The van der Waals surface area contributed by atoms with Gasteiger partial charge in [0.15, 0.2) is 0 Å². The molecule has 0 aliphatic rings. The Morgan fingerprint density at radius 2 is 0.778 bits per heavy atom.